The molecular weight excluding hydrogens is 220 g/mol. The Labute approximate surface area is 99.4 Å². The van der Waals surface area contributed by atoms with Gasteiger partial charge < -0.3 is 15.0 Å². The number of carboxylic acids is 1. The van der Waals surface area contributed by atoms with Crippen molar-refractivity contribution >= 4 is 11.9 Å². The first-order chi connectivity index (χ1) is 8.08. The zero-order valence-electron chi connectivity index (χ0n) is 9.72. The van der Waals surface area contributed by atoms with E-state index in [0.29, 0.717) is 11.6 Å². The quantitative estimate of drug-likeness (QED) is 0.804. The van der Waals surface area contributed by atoms with Crippen LogP contribution in [-0.2, 0) is 11.3 Å². The second-order valence-electron chi connectivity index (χ2n) is 4.51. The lowest BCUT2D eigenvalue weighted by molar-refractivity contribution is -0.137. The Hall–Kier alpha value is -1.78. The molecule has 1 aromatic heterocycles. The van der Waals surface area contributed by atoms with Crippen molar-refractivity contribution in [3.63, 3.8) is 0 Å². The Balaban J connectivity index is 2.02. The van der Waals surface area contributed by atoms with Crippen molar-refractivity contribution in [2.75, 3.05) is 0 Å². The number of carbonyl (C=O) groups excluding carboxylic acids is 1. The molecule has 1 amide bonds. The van der Waals surface area contributed by atoms with E-state index in [0.717, 1.165) is 12.8 Å². The lowest BCUT2D eigenvalue weighted by Crippen LogP contribution is -2.35. The molecule has 0 aromatic carbocycles. The van der Waals surface area contributed by atoms with Crippen LogP contribution in [0.4, 0.5) is 0 Å². The van der Waals surface area contributed by atoms with Gasteiger partial charge in [0.2, 0.25) is 0 Å². The summed E-state index contributed by atoms with van der Waals surface area (Å²) in [4.78, 5) is 22.6. The van der Waals surface area contributed by atoms with Crippen molar-refractivity contribution in [1.82, 2.24) is 9.88 Å². The number of aliphatic carboxylic acids is 1. The highest BCUT2D eigenvalue weighted by Gasteiger charge is 2.29. The average Bonchev–Trinajstić information content (AvgIpc) is 2.99. The number of amides is 1. The molecule has 2 rings (SSSR count). The summed E-state index contributed by atoms with van der Waals surface area (Å²) in [5.74, 6) is -0.567. The third kappa shape index (κ3) is 2.87. The van der Waals surface area contributed by atoms with Crippen LogP contribution in [0, 0.1) is 5.92 Å². The van der Waals surface area contributed by atoms with E-state index in [1.54, 1.807) is 18.3 Å². The highest BCUT2D eigenvalue weighted by atomic mass is 16.4. The van der Waals surface area contributed by atoms with Gasteiger partial charge in [-0.15, -0.1) is 0 Å². The minimum absolute atomic E-state index is 0.163. The summed E-state index contributed by atoms with van der Waals surface area (Å²) in [5.41, 5.74) is 0.403. The number of hydrogen-bond donors (Lipinski definition) is 2. The van der Waals surface area contributed by atoms with Gasteiger partial charge in [-0.2, -0.15) is 0 Å². The highest BCUT2D eigenvalue weighted by Crippen LogP contribution is 2.32. The maximum Gasteiger partial charge on any atom is 0.323 e. The predicted octanol–water partition coefficient (Wildman–Crippen LogP) is 1.10. The Morgan fingerprint density at radius 3 is 2.88 bits per heavy atom. The zero-order chi connectivity index (χ0) is 12.4. The second-order valence-corrected chi connectivity index (χ2v) is 4.51. The van der Waals surface area contributed by atoms with E-state index in [-0.39, 0.29) is 18.5 Å². The van der Waals surface area contributed by atoms with Crippen molar-refractivity contribution in [3.8, 4) is 0 Å². The third-order valence-corrected chi connectivity index (χ3v) is 3.06. The molecule has 92 valence electrons. The fourth-order valence-corrected chi connectivity index (χ4v) is 1.90. The van der Waals surface area contributed by atoms with E-state index < -0.39 is 5.97 Å². The summed E-state index contributed by atoms with van der Waals surface area (Å²) >= 11 is 0. The first-order valence-corrected chi connectivity index (χ1v) is 5.75. The molecule has 1 aliphatic carbocycles. The molecule has 1 atom stereocenters. The van der Waals surface area contributed by atoms with E-state index in [1.807, 2.05) is 6.92 Å². The first kappa shape index (κ1) is 11.7. The van der Waals surface area contributed by atoms with Crippen LogP contribution in [0.1, 0.15) is 30.3 Å². The molecular formula is C12H16N2O3. The molecule has 0 radical (unpaired) electrons. The van der Waals surface area contributed by atoms with Gasteiger partial charge in [0.15, 0.2) is 0 Å². The van der Waals surface area contributed by atoms with Gasteiger partial charge in [0.1, 0.15) is 12.2 Å². The average molecular weight is 236 g/mol. The van der Waals surface area contributed by atoms with Gasteiger partial charge in [0.25, 0.3) is 5.91 Å². The Kier molecular flexibility index (Phi) is 3.17. The Morgan fingerprint density at radius 2 is 2.29 bits per heavy atom. The summed E-state index contributed by atoms with van der Waals surface area (Å²) in [6.45, 7) is 1.80. The molecule has 1 saturated carbocycles. The summed E-state index contributed by atoms with van der Waals surface area (Å²) in [6, 6.07) is 3.48. The maximum atomic E-state index is 11.9. The van der Waals surface area contributed by atoms with Crippen LogP contribution >= 0.6 is 0 Å². The van der Waals surface area contributed by atoms with E-state index in [2.05, 4.69) is 5.32 Å². The van der Waals surface area contributed by atoms with Crippen LogP contribution in [0.25, 0.3) is 0 Å². The van der Waals surface area contributed by atoms with Crippen LogP contribution in [-0.4, -0.2) is 27.6 Å². The van der Waals surface area contributed by atoms with E-state index in [1.165, 1.54) is 4.57 Å². The predicted molar refractivity (Wildman–Crippen MR) is 61.7 cm³/mol. The zero-order valence-corrected chi connectivity index (χ0v) is 9.72. The lowest BCUT2D eigenvalue weighted by Gasteiger charge is -2.13. The minimum Gasteiger partial charge on any atom is -0.480 e. The highest BCUT2D eigenvalue weighted by molar-refractivity contribution is 5.93. The van der Waals surface area contributed by atoms with Crippen molar-refractivity contribution in [3.05, 3.63) is 24.0 Å². The molecule has 0 bridgehead atoms. The molecule has 0 spiro atoms. The number of aromatic nitrogens is 1. The van der Waals surface area contributed by atoms with Gasteiger partial charge in [-0.25, -0.2) is 0 Å². The number of carbonyl (C=O) groups is 2. The largest absolute Gasteiger partial charge is 0.480 e. The topological polar surface area (TPSA) is 71.3 Å². The van der Waals surface area contributed by atoms with Gasteiger partial charge in [-0.05, 0) is 37.8 Å². The SMILES string of the molecule is CC(NC(=O)c1cccn1CC(=O)O)C1CC1. The fraction of sp³-hybridized carbons (Fsp3) is 0.500. The second kappa shape index (κ2) is 4.61. The van der Waals surface area contributed by atoms with Crippen LogP contribution in [0.2, 0.25) is 0 Å². The molecule has 0 saturated heterocycles. The summed E-state index contributed by atoms with van der Waals surface area (Å²) in [5, 5.41) is 11.6. The van der Waals surface area contributed by atoms with Crippen LogP contribution in [0.3, 0.4) is 0 Å². The Bertz CT molecular complexity index is 435. The van der Waals surface area contributed by atoms with Crippen molar-refractivity contribution in [2.45, 2.75) is 32.4 Å². The summed E-state index contributed by atoms with van der Waals surface area (Å²) in [7, 11) is 0. The molecule has 2 N–H and O–H groups in total. The molecule has 1 fully saturated rings. The van der Waals surface area contributed by atoms with Crippen LogP contribution in [0.15, 0.2) is 18.3 Å². The standard InChI is InChI=1S/C12H16N2O3/c1-8(9-4-5-9)13-12(17)10-3-2-6-14(10)7-11(15)16/h2-3,6,8-9H,4-5,7H2,1H3,(H,13,17)(H,15,16). The van der Waals surface area contributed by atoms with Gasteiger partial charge in [-0.3, -0.25) is 9.59 Å². The molecule has 1 aliphatic rings. The lowest BCUT2D eigenvalue weighted by atomic mass is 10.2. The summed E-state index contributed by atoms with van der Waals surface area (Å²) < 4.78 is 1.44. The number of nitrogens with one attached hydrogen (secondary N) is 1. The molecule has 17 heavy (non-hydrogen) atoms. The molecule has 1 heterocycles. The number of hydrogen-bond acceptors (Lipinski definition) is 2. The molecule has 1 unspecified atom stereocenters. The number of nitrogens with zero attached hydrogens (tertiary/aromatic N) is 1. The first-order valence-electron chi connectivity index (χ1n) is 5.75. The van der Waals surface area contributed by atoms with E-state index in [9.17, 15) is 9.59 Å². The van der Waals surface area contributed by atoms with Crippen molar-refractivity contribution < 1.29 is 14.7 Å². The molecule has 5 nitrogen and oxygen atoms in total. The number of carboxylic acid groups (broad SMARTS) is 1. The molecule has 1 aromatic rings. The van der Waals surface area contributed by atoms with Crippen molar-refractivity contribution in [1.29, 1.82) is 0 Å². The van der Waals surface area contributed by atoms with Crippen LogP contribution < -0.4 is 5.32 Å². The third-order valence-electron chi connectivity index (χ3n) is 3.06. The van der Waals surface area contributed by atoms with Crippen molar-refractivity contribution in [2.24, 2.45) is 5.92 Å². The normalized spacial score (nSPS) is 16.5. The summed E-state index contributed by atoms with van der Waals surface area (Å²) in [6.07, 6.45) is 3.93. The monoisotopic (exact) mass is 236 g/mol. The smallest absolute Gasteiger partial charge is 0.323 e. The van der Waals surface area contributed by atoms with E-state index in [4.69, 9.17) is 5.11 Å². The van der Waals surface area contributed by atoms with Crippen LogP contribution in [0.5, 0.6) is 0 Å². The molecule has 5 heteroatoms. The number of rotatable bonds is 5. The van der Waals surface area contributed by atoms with Gasteiger partial charge >= 0.3 is 5.97 Å². The van der Waals surface area contributed by atoms with Gasteiger partial charge in [0, 0.05) is 12.2 Å². The van der Waals surface area contributed by atoms with Gasteiger partial charge in [-0.1, -0.05) is 0 Å². The van der Waals surface area contributed by atoms with E-state index >= 15 is 0 Å². The van der Waals surface area contributed by atoms with Gasteiger partial charge in [0.05, 0.1) is 0 Å². The minimum atomic E-state index is -0.953. The Morgan fingerprint density at radius 1 is 1.59 bits per heavy atom. The fourth-order valence-electron chi connectivity index (χ4n) is 1.90. The maximum absolute atomic E-state index is 11.9. The molecule has 0 aliphatic heterocycles.